The number of hydrogen-bond acceptors (Lipinski definition) is 7. The van der Waals surface area contributed by atoms with E-state index in [1.807, 2.05) is 36.4 Å². The third-order valence-electron chi connectivity index (χ3n) is 5.63. The number of nitrogens with zero attached hydrogens (tertiary/aromatic N) is 3. The Morgan fingerprint density at radius 1 is 1.00 bits per heavy atom. The predicted octanol–water partition coefficient (Wildman–Crippen LogP) is 6.10. The summed E-state index contributed by atoms with van der Waals surface area (Å²) >= 11 is 0. The van der Waals surface area contributed by atoms with E-state index in [9.17, 15) is 9.59 Å². The predicted molar refractivity (Wildman–Crippen MR) is 140 cm³/mol. The van der Waals surface area contributed by atoms with E-state index < -0.39 is 28.9 Å². The van der Waals surface area contributed by atoms with Crippen LogP contribution in [0.2, 0.25) is 0 Å². The molecular formula is C28H38N4O5. The van der Waals surface area contributed by atoms with Crippen molar-refractivity contribution in [2.24, 2.45) is 5.16 Å². The van der Waals surface area contributed by atoms with Gasteiger partial charge in [-0.05, 0) is 78.9 Å². The normalized spacial score (nSPS) is 19.1. The SMILES string of the molecule is CC(C)(C)OC(=O)NN(C(=O)OC(C)(C)C)C1(c2cccnc2)CCCCC1=NOCc1ccccc1. The Bertz CT molecular complexity index is 1080. The minimum atomic E-state index is -1.19. The largest absolute Gasteiger partial charge is 0.443 e. The van der Waals surface area contributed by atoms with Gasteiger partial charge in [0, 0.05) is 18.0 Å². The van der Waals surface area contributed by atoms with Gasteiger partial charge in [-0.25, -0.2) is 15.0 Å². The summed E-state index contributed by atoms with van der Waals surface area (Å²) in [6.07, 6.45) is 4.47. The number of benzene rings is 1. The van der Waals surface area contributed by atoms with E-state index in [2.05, 4.69) is 15.6 Å². The second kappa shape index (κ2) is 11.6. The third-order valence-corrected chi connectivity index (χ3v) is 5.63. The van der Waals surface area contributed by atoms with Crippen molar-refractivity contribution >= 4 is 17.9 Å². The second-order valence-corrected chi connectivity index (χ2v) is 11.0. The Morgan fingerprint density at radius 2 is 1.70 bits per heavy atom. The van der Waals surface area contributed by atoms with Crippen LogP contribution in [-0.4, -0.2) is 39.1 Å². The van der Waals surface area contributed by atoms with Gasteiger partial charge in [-0.1, -0.05) is 41.6 Å². The molecule has 2 aromatic rings. The molecule has 1 atom stereocenters. The Labute approximate surface area is 219 Å². The van der Waals surface area contributed by atoms with Crippen molar-refractivity contribution in [3.63, 3.8) is 0 Å². The summed E-state index contributed by atoms with van der Waals surface area (Å²) in [6.45, 7) is 10.8. The van der Waals surface area contributed by atoms with Gasteiger partial charge in [-0.3, -0.25) is 4.98 Å². The van der Waals surface area contributed by atoms with Gasteiger partial charge in [0.25, 0.3) is 0 Å². The smallest absolute Gasteiger partial charge is 0.430 e. The van der Waals surface area contributed by atoms with Crippen LogP contribution in [0.4, 0.5) is 9.59 Å². The maximum Gasteiger partial charge on any atom is 0.430 e. The van der Waals surface area contributed by atoms with Crippen molar-refractivity contribution in [3.05, 3.63) is 66.0 Å². The lowest BCUT2D eigenvalue weighted by Gasteiger charge is -2.46. The molecule has 1 unspecified atom stereocenters. The fourth-order valence-corrected chi connectivity index (χ4v) is 4.19. The van der Waals surface area contributed by atoms with Crippen LogP contribution in [0.3, 0.4) is 0 Å². The summed E-state index contributed by atoms with van der Waals surface area (Å²) in [4.78, 5) is 36.8. The minimum Gasteiger partial charge on any atom is -0.443 e. The lowest BCUT2D eigenvalue weighted by atomic mass is 9.75. The molecule has 9 heteroatoms. The molecule has 1 saturated carbocycles. The van der Waals surface area contributed by atoms with Gasteiger partial charge in [-0.15, -0.1) is 0 Å². The van der Waals surface area contributed by atoms with Gasteiger partial charge in [0.2, 0.25) is 0 Å². The molecule has 1 aliphatic rings. The summed E-state index contributed by atoms with van der Waals surface area (Å²) < 4.78 is 11.3. The van der Waals surface area contributed by atoms with Crippen molar-refractivity contribution in [1.82, 2.24) is 15.4 Å². The van der Waals surface area contributed by atoms with E-state index in [1.54, 1.807) is 60.0 Å². The summed E-state index contributed by atoms with van der Waals surface area (Å²) in [5.74, 6) is 0. The first kappa shape index (κ1) is 28.0. The second-order valence-electron chi connectivity index (χ2n) is 11.0. The van der Waals surface area contributed by atoms with E-state index in [-0.39, 0.29) is 6.61 Å². The van der Waals surface area contributed by atoms with Gasteiger partial charge in [0.1, 0.15) is 23.3 Å². The number of aromatic nitrogens is 1. The molecule has 0 aliphatic heterocycles. The van der Waals surface area contributed by atoms with E-state index >= 15 is 0 Å². The minimum absolute atomic E-state index is 0.263. The molecule has 1 aromatic heterocycles. The van der Waals surface area contributed by atoms with Crippen molar-refractivity contribution in [3.8, 4) is 0 Å². The molecule has 1 fully saturated rings. The number of nitrogens with one attached hydrogen (secondary N) is 1. The summed E-state index contributed by atoms with van der Waals surface area (Å²) in [5, 5.41) is 5.74. The van der Waals surface area contributed by atoms with Crippen molar-refractivity contribution < 1.29 is 23.9 Å². The molecule has 0 spiro atoms. The summed E-state index contributed by atoms with van der Waals surface area (Å²) in [7, 11) is 0. The number of ether oxygens (including phenoxy) is 2. The highest BCUT2D eigenvalue weighted by molar-refractivity contribution is 5.97. The molecule has 0 saturated heterocycles. The molecule has 0 radical (unpaired) electrons. The third kappa shape index (κ3) is 7.68. The van der Waals surface area contributed by atoms with Gasteiger partial charge in [0.05, 0.1) is 5.71 Å². The molecule has 1 aliphatic carbocycles. The van der Waals surface area contributed by atoms with E-state index in [4.69, 9.17) is 14.3 Å². The Kier molecular flexibility index (Phi) is 8.78. The number of rotatable bonds is 5. The molecule has 1 N–H and O–H groups in total. The van der Waals surface area contributed by atoms with E-state index in [0.29, 0.717) is 24.1 Å². The highest BCUT2D eigenvalue weighted by Crippen LogP contribution is 2.41. The average Bonchev–Trinajstić information content (AvgIpc) is 2.82. The van der Waals surface area contributed by atoms with Gasteiger partial charge in [-0.2, -0.15) is 5.01 Å². The molecule has 0 bridgehead atoms. The average molecular weight is 511 g/mol. The van der Waals surface area contributed by atoms with Crippen LogP contribution in [-0.2, 0) is 26.5 Å². The van der Waals surface area contributed by atoms with Gasteiger partial charge < -0.3 is 14.3 Å². The first-order valence-corrected chi connectivity index (χ1v) is 12.6. The topological polar surface area (TPSA) is 102 Å². The quantitative estimate of drug-likeness (QED) is 0.488. The highest BCUT2D eigenvalue weighted by atomic mass is 16.6. The number of carbonyl (C=O) groups excluding carboxylic acids is 2. The van der Waals surface area contributed by atoms with Crippen LogP contribution >= 0.6 is 0 Å². The standard InChI is InChI=1S/C28H38N4O5/c1-26(2,3)36-24(33)30-32(25(34)37-27(4,5)6)28(22-15-12-18-29-19-22)17-11-10-16-23(28)31-35-20-21-13-8-7-9-14-21/h7-9,12-15,18-19H,10-11,16-17,20H2,1-6H3,(H,30,33). The number of hydrazine groups is 1. The molecule has 37 heavy (non-hydrogen) atoms. The zero-order chi connectivity index (χ0) is 27.1. The van der Waals surface area contributed by atoms with Gasteiger partial charge in [0.15, 0.2) is 0 Å². The molecule has 1 heterocycles. The zero-order valence-electron chi connectivity index (χ0n) is 22.6. The number of oxime groups is 1. The van der Waals surface area contributed by atoms with Crippen molar-refractivity contribution in [1.29, 1.82) is 0 Å². The zero-order valence-corrected chi connectivity index (χ0v) is 22.6. The first-order valence-electron chi connectivity index (χ1n) is 12.6. The first-order chi connectivity index (χ1) is 17.4. The fraction of sp³-hybridized carbons (Fsp3) is 0.500. The van der Waals surface area contributed by atoms with Crippen LogP contribution in [0.25, 0.3) is 0 Å². The number of amides is 2. The van der Waals surface area contributed by atoms with Crippen LogP contribution in [0, 0.1) is 0 Å². The lowest BCUT2D eigenvalue weighted by molar-refractivity contribution is -0.0241. The van der Waals surface area contributed by atoms with Crippen LogP contribution < -0.4 is 5.43 Å². The molecule has 200 valence electrons. The fourth-order valence-electron chi connectivity index (χ4n) is 4.19. The molecule has 3 rings (SSSR count). The van der Waals surface area contributed by atoms with Gasteiger partial charge >= 0.3 is 12.2 Å². The van der Waals surface area contributed by atoms with Crippen LogP contribution in [0.5, 0.6) is 0 Å². The number of hydrogen-bond donors (Lipinski definition) is 1. The Hall–Kier alpha value is -3.62. The summed E-state index contributed by atoms with van der Waals surface area (Å²) in [6, 6.07) is 13.3. The van der Waals surface area contributed by atoms with Crippen molar-refractivity contribution in [2.45, 2.75) is 90.6 Å². The Balaban J connectivity index is 2.09. The molecular weight excluding hydrogens is 472 g/mol. The van der Waals surface area contributed by atoms with Crippen LogP contribution in [0.15, 0.2) is 60.0 Å². The summed E-state index contributed by atoms with van der Waals surface area (Å²) in [5.41, 5.74) is 2.14. The molecule has 2 amide bonds. The van der Waals surface area contributed by atoms with Crippen LogP contribution in [0.1, 0.15) is 78.4 Å². The maximum absolute atomic E-state index is 13.7. The number of pyridine rings is 1. The van der Waals surface area contributed by atoms with E-state index in [0.717, 1.165) is 18.4 Å². The van der Waals surface area contributed by atoms with E-state index in [1.165, 1.54) is 5.01 Å². The maximum atomic E-state index is 13.7. The Morgan fingerprint density at radius 3 is 2.32 bits per heavy atom. The number of carbonyl (C=O) groups is 2. The monoisotopic (exact) mass is 510 g/mol. The lowest BCUT2D eigenvalue weighted by Crippen LogP contribution is -2.63. The highest BCUT2D eigenvalue weighted by Gasteiger charge is 2.50. The van der Waals surface area contributed by atoms with Crippen molar-refractivity contribution in [2.75, 3.05) is 0 Å². The molecule has 1 aromatic carbocycles. The molecule has 9 nitrogen and oxygen atoms in total.